The SMILES string of the molecule is CCC(C)[C@H](c1cccc(Cl)c1F)N1CCNCC1.Cl.Cl. The normalized spacial score (nSPS) is 18.3. The summed E-state index contributed by atoms with van der Waals surface area (Å²) in [5.41, 5.74) is 0.740. The van der Waals surface area contributed by atoms with E-state index in [1.54, 1.807) is 6.07 Å². The first-order chi connectivity index (χ1) is 9.15. The van der Waals surface area contributed by atoms with Crippen LogP contribution >= 0.6 is 36.4 Å². The maximum atomic E-state index is 14.3. The van der Waals surface area contributed by atoms with Gasteiger partial charge in [-0.05, 0) is 12.0 Å². The van der Waals surface area contributed by atoms with Gasteiger partial charge in [-0.15, -0.1) is 24.8 Å². The molecule has 0 aromatic heterocycles. The van der Waals surface area contributed by atoms with Gasteiger partial charge in [0.2, 0.25) is 0 Å². The van der Waals surface area contributed by atoms with Crippen LogP contribution in [-0.2, 0) is 0 Å². The number of nitrogens with one attached hydrogen (secondary N) is 1. The number of rotatable bonds is 4. The summed E-state index contributed by atoms with van der Waals surface area (Å²) in [7, 11) is 0. The fraction of sp³-hybridized carbons (Fsp3) is 0.600. The zero-order valence-electron chi connectivity index (χ0n) is 12.4. The third-order valence-corrected chi connectivity index (χ3v) is 4.32. The predicted molar refractivity (Wildman–Crippen MR) is 92.5 cm³/mol. The van der Waals surface area contributed by atoms with Crippen LogP contribution in [0.3, 0.4) is 0 Å². The maximum absolute atomic E-state index is 14.3. The van der Waals surface area contributed by atoms with Gasteiger partial charge >= 0.3 is 0 Å². The summed E-state index contributed by atoms with van der Waals surface area (Å²) in [5.74, 6) is 0.152. The summed E-state index contributed by atoms with van der Waals surface area (Å²) >= 11 is 5.94. The molecule has 1 aliphatic heterocycles. The van der Waals surface area contributed by atoms with E-state index in [-0.39, 0.29) is 41.7 Å². The number of nitrogens with zero attached hydrogens (tertiary/aromatic N) is 1. The highest BCUT2D eigenvalue weighted by atomic mass is 35.5. The van der Waals surface area contributed by atoms with Crippen molar-refractivity contribution in [3.05, 3.63) is 34.6 Å². The van der Waals surface area contributed by atoms with E-state index in [0.29, 0.717) is 5.92 Å². The molecule has 1 unspecified atom stereocenters. The number of halogens is 4. The first-order valence-corrected chi connectivity index (χ1v) is 7.41. The standard InChI is InChI=1S/C15H22ClFN2.2ClH/c1-3-11(2)15(19-9-7-18-8-10-19)12-5-4-6-13(16)14(12)17;;/h4-6,11,15,18H,3,7-10H2,1-2H3;2*1H/t11?,15-;;/m1../s1. The number of hydrogen-bond donors (Lipinski definition) is 1. The average Bonchev–Trinajstić information content (AvgIpc) is 2.44. The van der Waals surface area contributed by atoms with E-state index in [0.717, 1.165) is 38.2 Å². The van der Waals surface area contributed by atoms with Gasteiger partial charge in [0, 0.05) is 37.8 Å². The third-order valence-electron chi connectivity index (χ3n) is 4.03. The molecule has 1 aromatic carbocycles. The van der Waals surface area contributed by atoms with Crippen LogP contribution in [0.1, 0.15) is 31.9 Å². The second kappa shape index (κ2) is 9.86. The Hall–Kier alpha value is -0.0600. The lowest BCUT2D eigenvalue weighted by Gasteiger charge is -2.38. The highest BCUT2D eigenvalue weighted by Crippen LogP contribution is 2.34. The minimum absolute atomic E-state index is 0. The molecule has 1 heterocycles. The smallest absolute Gasteiger partial charge is 0.146 e. The minimum atomic E-state index is -0.256. The molecule has 6 heteroatoms. The molecule has 0 radical (unpaired) electrons. The first-order valence-electron chi connectivity index (χ1n) is 7.03. The topological polar surface area (TPSA) is 15.3 Å². The minimum Gasteiger partial charge on any atom is -0.314 e. The van der Waals surface area contributed by atoms with Gasteiger partial charge in [-0.25, -0.2) is 4.39 Å². The van der Waals surface area contributed by atoms with Crippen molar-refractivity contribution in [3.8, 4) is 0 Å². The quantitative estimate of drug-likeness (QED) is 0.863. The Morgan fingerprint density at radius 3 is 2.48 bits per heavy atom. The van der Waals surface area contributed by atoms with E-state index in [4.69, 9.17) is 11.6 Å². The molecule has 1 aliphatic rings. The monoisotopic (exact) mass is 356 g/mol. The van der Waals surface area contributed by atoms with Crippen molar-refractivity contribution in [2.75, 3.05) is 26.2 Å². The molecular weight excluding hydrogens is 334 g/mol. The van der Waals surface area contributed by atoms with Crippen LogP contribution in [0.5, 0.6) is 0 Å². The van der Waals surface area contributed by atoms with Gasteiger partial charge in [0.05, 0.1) is 5.02 Å². The fourth-order valence-corrected chi connectivity index (χ4v) is 2.98. The molecule has 1 fully saturated rings. The Labute approximate surface area is 144 Å². The second-order valence-corrected chi connectivity index (χ2v) is 5.67. The molecule has 21 heavy (non-hydrogen) atoms. The summed E-state index contributed by atoms with van der Waals surface area (Å²) in [5, 5.41) is 3.57. The van der Waals surface area contributed by atoms with E-state index < -0.39 is 0 Å². The highest BCUT2D eigenvalue weighted by molar-refractivity contribution is 6.30. The number of benzene rings is 1. The van der Waals surface area contributed by atoms with Crippen LogP contribution in [0.2, 0.25) is 5.02 Å². The number of hydrogen-bond acceptors (Lipinski definition) is 2. The van der Waals surface area contributed by atoms with Gasteiger partial charge in [-0.2, -0.15) is 0 Å². The van der Waals surface area contributed by atoms with Crippen molar-refractivity contribution < 1.29 is 4.39 Å². The van der Waals surface area contributed by atoms with Gasteiger partial charge in [-0.3, -0.25) is 4.90 Å². The Balaban J connectivity index is 0.00000200. The van der Waals surface area contributed by atoms with Crippen LogP contribution < -0.4 is 5.32 Å². The Morgan fingerprint density at radius 2 is 1.90 bits per heavy atom. The molecular formula is C15H24Cl3FN2. The molecule has 0 spiro atoms. The van der Waals surface area contributed by atoms with Crippen molar-refractivity contribution in [3.63, 3.8) is 0 Å². The average molecular weight is 358 g/mol. The molecule has 0 bridgehead atoms. The summed E-state index contributed by atoms with van der Waals surface area (Å²) in [6.45, 7) is 8.20. The molecule has 1 N–H and O–H groups in total. The molecule has 0 amide bonds. The molecule has 2 nitrogen and oxygen atoms in total. The predicted octanol–water partition coefficient (Wildman–Crippen LogP) is 4.32. The van der Waals surface area contributed by atoms with Crippen LogP contribution in [0, 0.1) is 11.7 Å². The third kappa shape index (κ3) is 4.97. The molecule has 2 atom stereocenters. The summed E-state index contributed by atoms with van der Waals surface area (Å²) in [6, 6.07) is 5.45. The van der Waals surface area contributed by atoms with E-state index in [1.165, 1.54) is 0 Å². The van der Waals surface area contributed by atoms with Crippen molar-refractivity contribution in [2.45, 2.75) is 26.3 Å². The lowest BCUT2D eigenvalue weighted by atomic mass is 9.90. The Bertz CT molecular complexity index is 425. The van der Waals surface area contributed by atoms with Gasteiger partial charge in [0.25, 0.3) is 0 Å². The van der Waals surface area contributed by atoms with Crippen LogP contribution in [-0.4, -0.2) is 31.1 Å². The summed E-state index contributed by atoms with van der Waals surface area (Å²) in [4.78, 5) is 2.37. The van der Waals surface area contributed by atoms with E-state index >= 15 is 0 Å². The van der Waals surface area contributed by atoms with Crippen molar-refractivity contribution in [1.29, 1.82) is 0 Å². The van der Waals surface area contributed by atoms with Gasteiger partial charge in [0.1, 0.15) is 5.82 Å². The largest absolute Gasteiger partial charge is 0.314 e. The molecule has 1 aromatic rings. The van der Waals surface area contributed by atoms with E-state index in [9.17, 15) is 4.39 Å². The molecule has 122 valence electrons. The Morgan fingerprint density at radius 1 is 1.29 bits per heavy atom. The summed E-state index contributed by atoms with van der Waals surface area (Å²) < 4.78 is 14.3. The lowest BCUT2D eigenvalue weighted by Crippen LogP contribution is -2.46. The van der Waals surface area contributed by atoms with Crippen LogP contribution in [0.4, 0.5) is 4.39 Å². The molecule has 2 rings (SSSR count). The van der Waals surface area contributed by atoms with Crippen molar-refractivity contribution in [2.24, 2.45) is 5.92 Å². The van der Waals surface area contributed by atoms with Gasteiger partial charge in [-0.1, -0.05) is 44.0 Å². The zero-order chi connectivity index (χ0) is 13.8. The fourth-order valence-electron chi connectivity index (χ4n) is 2.80. The maximum Gasteiger partial charge on any atom is 0.146 e. The van der Waals surface area contributed by atoms with Gasteiger partial charge < -0.3 is 5.32 Å². The zero-order valence-corrected chi connectivity index (χ0v) is 14.8. The van der Waals surface area contributed by atoms with Crippen molar-refractivity contribution in [1.82, 2.24) is 10.2 Å². The van der Waals surface area contributed by atoms with Gasteiger partial charge in [0.15, 0.2) is 0 Å². The van der Waals surface area contributed by atoms with Crippen molar-refractivity contribution >= 4 is 36.4 Å². The first kappa shape index (κ1) is 20.9. The van der Waals surface area contributed by atoms with Crippen LogP contribution in [0.15, 0.2) is 18.2 Å². The van der Waals surface area contributed by atoms with Crippen LogP contribution in [0.25, 0.3) is 0 Å². The lowest BCUT2D eigenvalue weighted by molar-refractivity contribution is 0.125. The van der Waals surface area contributed by atoms with E-state index in [1.807, 2.05) is 12.1 Å². The molecule has 0 aliphatic carbocycles. The highest BCUT2D eigenvalue weighted by Gasteiger charge is 2.29. The summed E-state index contributed by atoms with van der Waals surface area (Å²) in [6.07, 6.45) is 1.03. The van der Waals surface area contributed by atoms with E-state index in [2.05, 4.69) is 24.1 Å². The number of piperazine rings is 1. The Kier molecular flexibility index (Phi) is 9.83. The molecule has 1 saturated heterocycles. The molecule has 0 saturated carbocycles. The second-order valence-electron chi connectivity index (χ2n) is 5.26.